The first-order valence-electron chi connectivity index (χ1n) is 7.30. The van der Waals surface area contributed by atoms with Crippen molar-refractivity contribution in [1.82, 2.24) is 10.2 Å². The van der Waals surface area contributed by atoms with Crippen LogP contribution in [0.25, 0.3) is 0 Å². The molecule has 0 aromatic heterocycles. The minimum Gasteiger partial charge on any atom is -0.505 e. The van der Waals surface area contributed by atoms with Crippen molar-refractivity contribution in [3.8, 4) is 5.75 Å². The molecular formula is C15H20F2N2O. The Morgan fingerprint density at radius 3 is 2.40 bits per heavy atom. The van der Waals surface area contributed by atoms with Gasteiger partial charge in [-0.1, -0.05) is 6.42 Å². The Labute approximate surface area is 117 Å². The molecule has 2 fully saturated rings. The molecular weight excluding hydrogens is 262 g/mol. The van der Waals surface area contributed by atoms with Crippen molar-refractivity contribution >= 4 is 0 Å². The quantitative estimate of drug-likeness (QED) is 0.893. The van der Waals surface area contributed by atoms with Crippen molar-refractivity contribution in [3.63, 3.8) is 0 Å². The van der Waals surface area contributed by atoms with Gasteiger partial charge in [0.25, 0.3) is 0 Å². The van der Waals surface area contributed by atoms with Crippen LogP contribution >= 0.6 is 0 Å². The number of rotatable bonds is 3. The molecule has 0 amide bonds. The highest BCUT2D eigenvalue weighted by Crippen LogP contribution is 2.45. The highest BCUT2D eigenvalue weighted by atomic mass is 19.1. The van der Waals surface area contributed by atoms with Crippen LogP contribution in [-0.2, 0) is 0 Å². The van der Waals surface area contributed by atoms with E-state index in [0.29, 0.717) is 5.92 Å². The topological polar surface area (TPSA) is 35.5 Å². The first-order valence-corrected chi connectivity index (χ1v) is 7.30. The zero-order chi connectivity index (χ0) is 14.1. The minimum atomic E-state index is -0.735. The van der Waals surface area contributed by atoms with Gasteiger partial charge in [-0.3, -0.25) is 4.90 Å². The summed E-state index contributed by atoms with van der Waals surface area (Å²) in [6.07, 6.45) is 3.17. The number of nitrogens with one attached hydrogen (secondary N) is 1. The van der Waals surface area contributed by atoms with E-state index in [0.717, 1.165) is 57.6 Å². The van der Waals surface area contributed by atoms with Gasteiger partial charge in [0.1, 0.15) is 5.82 Å². The van der Waals surface area contributed by atoms with Gasteiger partial charge in [-0.15, -0.1) is 0 Å². The van der Waals surface area contributed by atoms with Crippen molar-refractivity contribution in [2.45, 2.75) is 25.3 Å². The van der Waals surface area contributed by atoms with E-state index in [1.54, 1.807) is 0 Å². The van der Waals surface area contributed by atoms with Crippen LogP contribution in [0, 0.1) is 17.6 Å². The molecule has 3 rings (SSSR count). The average Bonchev–Trinajstić information content (AvgIpc) is 2.41. The summed E-state index contributed by atoms with van der Waals surface area (Å²) in [4.78, 5) is 2.18. The molecule has 1 heterocycles. The van der Waals surface area contributed by atoms with Crippen molar-refractivity contribution in [1.29, 1.82) is 0 Å². The minimum absolute atomic E-state index is 0.150. The van der Waals surface area contributed by atoms with Crippen LogP contribution in [-0.4, -0.2) is 36.2 Å². The standard InChI is InChI=1S/C15H20F2N2O/c16-11-4-5-12(17)15(20)13(11)14(10-2-1-3-10)19-8-6-18-7-9-19/h4-5,10,14,18,20H,1-3,6-9H2/t14-/m1/s1. The van der Waals surface area contributed by atoms with Crippen LogP contribution in [0.5, 0.6) is 5.75 Å². The van der Waals surface area contributed by atoms with E-state index in [2.05, 4.69) is 10.2 Å². The fourth-order valence-corrected chi connectivity index (χ4v) is 3.27. The van der Waals surface area contributed by atoms with Crippen LogP contribution in [0.3, 0.4) is 0 Å². The molecule has 20 heavy (non-hydrogen) atoms. The fourth-order valence-electron chi connectivity index (χ4n) is 3.27. The lowest BCUT2D eigenvalue weighted by Gasteiger charge is -2.43. The molecule has 1 aromatic carbocycles. The van der Waals surface area contributed by atoms with E-state index in [-0.39, 0.29) is 11.6 Å². The van der Waals surface area contributed by atoms with Gasteiger partial charge in [-0.2, -0.15) is 0 Å². The Kier molecular flexibility index (Phi) is 3.89. The van der Waals surface area contributed by atoms with E-state index >= 15 is 0 Å². The highest BCUT2D eigenvalue weighted by Gasteiger charge is 2.37. The van der Waals surface area contributed by atoms with Gasteiger partial charge >= 0.3 is 0 Å². The van der Waals surface area contributed by atoms with Crippen LogP contribution in [0.4, 0.5) is 8.78 Å². The number of benzene rings is 1. The summed E-state index contributed by atoms with van der Waals surface area (Å²) < 4.78 is 27.8. The molecule has 1 aliphatic carbocycles. The Bertz CT molecular complexity index is 485. The van der Waals surface area contributed by atoms with Crippen molar-refractivity contribution < 1.29 is 13.9 Å². The number of hydrogen-bond acceptors (Lipinski definition) is 3. The molecule has 1 aromatic rings. The summed E-state index contributed by atoms with van der Waals surface area (Å²) in [5, 5.41) is 13.3. The van der Waals surface area contributed by atoms with E-state index in [4.69, 9.17) is 0 Å². The molecule has 3 nitrogen and oxygen atoms in total. The number of aromatic hydroxyl groups is 1. The molecule has 110 valence electrons. The van der Waals surface area contributed by atoms with Crippen LogP contribution in [0.1, 0.15) is 30.9 Å². The van der Waals surface area contributed by atoms with E-state index in [1.807, 2.05) is 0 Å². The molecule has 1 atom stereocenters. The Hall–Kier alpha value is -1.20. The predicted molar refractivity (Wildman–Crippen MR) is 72.5 cm³/mol. The lowest BCUT2D eigenvalue weighted by atomic mass is 9.76. The molecule has 0 spiro atoms. The second kappa shape index (κ2) is 5.66. The summed E-state index contributed by atoms with van der Waals surface area (Å²) >= 11 is 0. The molecule has 1 saturated heterocycles. The van der Waals surface area contributed by atoms with Crippen molar-refractivity contribution in [2.24, 2.45) is 5.92 Å². The molecule has 2 aliphatic rings. The predicted octanol–water partition coefficient (Wildman–Crippen LogP) is 2.42. The summed E-state index contributed by atoms with van der Waals surface area (Å²) in [7, 11) is 0. The molecule has 0 unspecified atom stereocenters. The van der Waals surface area contributed by atoms with Gasteiger partial charge in [-0.05, 0) is 30.9 Å². The number of hydrogen-bond donors (Lipinski definition) is 2. The zero-order valence-corrected chi connectivity index (χ0v) is 11.4. The first-order chi connectivity index (χ1) is 9.68. The third-order valence-electron chi connectivity index (χ3n) is 4.55. The lowest BCUT2D eigenvalue weighted by Crippen LogP contribution is -2.48. The maximum Gasteiger partial charge on any atom is 0.165 e. The van der Waals surface area contributed by atoms with Gasteiger partial charge in [0.05, 0.1) is 5.56 Å². The highest BCUT2D eigenvalue weighted by molar-refractivity contribution is 5.38. The largest absolute Gasteiger partial charge is 0.505 e. The number of phenols is 1. The summed E-state index contributed by atoms with van der Waals surface area (Å²) in [6.45, 7) is 3.30. The van der Waals surface area contributed by atoms with E-state index in [1.165, 1.54) is 0 Å². The summed E-state index contributed by atoms with van der Waals surface area (Å²) in [6, 6.07) is 1.91. The van der Waals surface area contributed by atoms with Crippen molar-refractivity contribution in [3.05, 3.63) is 29.3 Å². The van der Waals surface area contributed by atoms with Crippen LogP contribution in [0.2, 0.25) is 0 Å². The number of nitrogens with zero attached hydrogens (tertiary/aromatic N) is 1. The average molecular weight is 282 g/mol. The first kappa shape index (κ1) is 13.8. The smallest absolute Gasteiger partial charge is 0.165 e. The Morgan fingerprint density at radius 2 is 1.80 bits per heavy atom. The molecule has 0 radical (unpaired) electrons. The van der Waals surface area contributed by atoms with Crippen LogP contribution < -0.4 is 5.32 Å². The zero-order valence-electron chi connectivity index (χ0n) is 11.4. The van der Waals surface area contributed by atoms with Gasteiger partial charge in [0.15, 0.2) is 11.6 Å². The van der Waals surface area contributed by atoms with Gasteiger partial charge < -0.3 is 10.4 Å². The SMILES string of the molecule is Oc1c(F)ccc(F)c1[C@@H](C1CCC1)N1CCNCC1. The van der Waals surface area contributed by atoms with E-state index < -0.39 is 17.4 Å². The third-order valence-corrected chi connectivity index (χ3v) is 4.55. The number of piperazine rings is 1. The molecule has 1 aliphatic heterocycles. The Balaban J connectivity index is 1.98. The van der Waals surface area contributed by atoms with Gasteiger partial charge in [0.2, 0.25) is 0 Å². The molecule has 5 heteroatoms. The summed E-state index contributed by atoms with van der Waals surface area (Å²) in [5.41, 5.74) is 0.150. The number of phenolic OH excluding ortho intramolecular Hbond substituents is 1. The molecule has 0 bridgehead atoms. The second-order valence-electron chi connectivity index (χ2n) is 5.71. The van der Waals surface area contributed by atoms with Crippen molar-refractivity contribution in [2.75, 3.05) is 26.2 Å². The maximum atomic E-state index is 14.2. The monoisotopic (exact) mass is 282 g/mol. The van der Waals surface area contributed by atoms with Gasteiger partial charge in [0, 0.05) is 32.2 Å². The fraction of sp³-hybridized carbons (Fsp3) is 0.600. The Morgan fingerprint density at radius 1 is 1.15 bits per heavy atom. The number of halogens is 2. The molecule has 2 N–H and O–H groups in total. The maximum absolute atomic E-state index is 14.2. The summed E-state index contributed by atoms with van der Waals surface area (Å²) in [5.74, 6) is -1.43. The molecule has 1 saturated carbocycles. The lowest BCUT2D eigenvalue weighted by molar-refractivity contribution is 0.0788. The van der Waals surface area contributed by atoms with Crippen LogP contribution in [0.15, 0.2) is 12.1 Å². The second-order valence-corrected chi connectivity index (χ2v) is 5.71. The normalized spacial score (nSPS) is 22.5. The van der Waals surface area contributed by atoms with E-state index in [9.17, 15) is 13.9 Å². The van der Waals surface area contributed by atoms with Gasteiger partial charge in [-0.25, -0.2) is 8.78 Å². The third kappa shape index (κ3) is 2.40.